The van der Waals surface area contributed by atoms with Gasteiger partial charge in [-0.3, -0.25) is 4.79 Å². The van der Waals surface area contributed by atoms with Crippen LogP contribution in [0.3, 0.4) is 0 Å². The number of rotatable bonds is 5. The van der Waals surface area contributed by atoms with Crippen LogP contribution in [-0.2, 0) is 9.53 Å². The molecule has 3 heterocycles. The molecule has 39 heavy (non-hydrogen) atoms. The fourth-order valence-electron chi connectivity index (χ4n) is 4.31. The van der Waals surface area contributed by atoms with Gasteiger partial charge in [0.2, 0.25) is 4.80 Å². The molecule has 3 aromatic carbocycles. The number of hydrogen-bond acceptors (Lipinski definition) is 7. The number of nitrogens with one attached hydrogen (secondary N) is 1. The van der Waals surface area contributed by atoms with Gasteiger partial charge in [-0.15, -0.1) is 11.3 Å². The number of morpholine rings is 1. The van der Waals surface area contributed by atoms with Crippen molar-refractivity contribution in [2.45, 2.75) is 0 Å². The van der Waals surface area contributed by atoms with Crippen LogP contribution in [0.4, 0.5) is 17.1 Å². The van der Waals surface area contributed by atoms with E-state index in [4.69, 9.17) is 42.8 Å². The number of amides is 1. The monoisotopic (exact) mass is 579 g/mol. The van der Waals surface area contributed by atoms with Crippen molar-refractivity contribution >= 4 is 63.7 Å². The Kier molecular flexibility index (Phi) is 7.38. The molecule has 1 aromatic heterocycles. The van der Waals surface area contributed by atoms with Gasteiger partial charge in [-0.2, -0.15) is 5.10 Å². The van der Waals surface area contributed by atoms with Gasteiger partial charge < -0.3 is 19.7 Å². The van der Waals surface area contributed by atoms with Crippen LogP contribution in [0.15, 0.2) is 76.1 Å². The summed E-state index contributed by atoms with van der Waals surface area (Å²) in [6, 6.07) is 19.2. The largest absolute Gasteiger partial charge is 0.482 e. The van der Waals surface area contributed by atoms with Crippen molar-refractivity contribution in [3.8, 4) is 17.0 Å². The van der Waals surface area contributed by atoms with Crippen molar-refractivity contribution in [1.82, 2.24) is 4.68 Å². The summed E-state index contributed by atoms with van der Waals surface area (Å²) in [6.07, 6.45) is 1.80. The first kappa shape index (κ1) is 25.6. The lowest BCUT2D eigenvalue weighted by Crippen LogP contribution is -2.36. The molecule has 8 nitrogen and oxygen atoms in total. The van der Waals surface area contributed by atoms with Crippen molar-refractivity contribution in [3.63, 3.8) is 0 Å². The van der Waals surface area contributed by atoms with Gasteiger partial charge in [0, 0.05) is 29.7 Å². The van der Waals surface area contributed by atoms with E-state index < -0.39 is 0 Å². The minimum absolute atomic E-state index is 0.00605. The first-order valence-electron chi connectivity index (χ1n) is 12.3. The number of carbonyl (C=O) groups excluding carboxylic acids is 1. The predicted octanol–water partition coefficient (Wildman–Crippen LogP) is 5.81. The van der Waals surface area contributed by atoms with E-state index in [1.165, 1.54) is 11.3 Å². The van der Waals surface area contributed by atoms with Gasteiger partial charge in [0.15, 0.2) is 6.61 Å². The van der Waals surface area contributed by atoms with E-state index in [2.05, 4.69) is 22.3 Å². The topological polar surface area (TPSA) is 80.5 Å². The second kappa shape index (κ2) is 11.2. The lowest BCUT2D eigenvalue weighted by molar-refractivity contribution is -0.118. The quantitative estimate of drug-likeness (QED) is 0.303. The Morgan fingerprint density at radius 2 is 1.79 bits per heavy atom. The number of aromatic nitrogens is 1. The van der Waals surface area contributed by atoms with Crippen LogP contribution in [-0.4, -0.2) is 49.7 Å². The second-order valence-electron chi connectivity index (χ2n) is 8.91. The maximum Gasteiger partial charge on any atom is 0.262 e. The average molecular weight is 580 g/mol. The number of benzene rings is 3. The summed E-state index contributed by atoms with van der Waals surface area (Å²) >= 11 is 13.8. The van der Waals surface area contributed by atoms with Crippen molar-refractivity contribution in [3.05, 3.63) is 86.5 Å². The fraction of sp³-hybridized carbons (Fsp3) is 0.179. The Morgan fingerprint density at radius 3 is 2.59 bits per heavy atom. The van der Waals surface area contributed by atoms with E-state index in [1.54, 1.807) is 29.1 Å². The Hall–Kier alpha value is -3.63. The molecule has 1 amide bonds. The summed E-state index contributed by atoms with van der Waals surface area (Å²) in [5, 5.41) is 10.5. The van der Waals surface area contributed by atoms with Gasteiger partial charge in [-0.25, -0.2) is 9.67 Å². The van der Waals surface area contributed by atoms with E-state index in [0.717, 1.165) is 48.8 Å². The number of anilines is 2. The molecule has 4 aromatic rings. The zero-order valence-electron chi connectivity index (χ0n) is 20.6. The highest BCUT2D eigenvalue weighted by Gasteiger charge is 2.18. The molecule has 0 radical (unpaired) electrons. The number of fused-ring (bicyclic) bond motifs is 1. The van der Waals surface area contributed by atoms with Gasteiger partial charge in [0.05, 0.1) is 46.5 Å². The molecule has 0 bridgehead atoms. The summed E-state index contributed by atoms with van der Waals surface area (Å²) in [6.45, 7) is 3.25. The van der Waals surface area contributed by atoms with Gasteiger partial charge in [0.25, 0.3) is 5.91 Å². The standard InChI is InChI=1S/C28H23Cl2N5O3S/c29-22-7-4-20(14-23(22)30)32-28-35(31-15-18-1-5-21(6-2-18)34-9-11-37-12-10-34)25(17-39-28)19-3-8-26-24(13-19)33-27(36)16-38-26/h1-8,13-15,17H,9-12,16H2,(H,33,36). The molecule has 1 fully saturated rings. The third-order valence-corrected chi connectivity index (χ3v) is 7.87. The molecule has 198 valence electrons. The highest BCUT2D eigenvalue weighted by Crippen LogP contribution is 2.33. The van der Waals surface area contributed by atoms with E-state index >= 15 is 0 Å². The summed E-state index contributed by atoms with van der Waals surface area (Å²) in [7, 11) is 0. The van der Waals surface area contributed by atoms with Gasteiger partial charge in [-0.05, 0) is 54.1 Å². The van der Waals surface area contributed by atoms with Crippen LogP contribution in [0.1, 0.15) is 5.56 Å². The minimum Gasteiger partial charge on any atom is -0.482 e. The third kappa shape index (κ3) is 5.72. The van der Waals surface area contributed by atoms with Crippen LogP contribution in [0, 0.1) is 0 Å². The van der Waals surface area contributed by atoms with Crippen LogP contribution in [0.5, 0.6) is 5.75 Å². The predicted molar refractivity (Wildman–Crippen MR) is 156 cm³/mol. The molecule has 0 atom stereocenters. The van der Waals surface area contributed by atoms with E-state index in [9.17, 15) is 4.79 Å². The van der Waals surface area contributed by atoms with Crippen LogP contribution >= 0.6 is 34.5 Å². The first-order valence-corrected chi connectivity index (χ1v) is 13.9. The molecule has 11 heteroatoms. The lowest BCUT2D eigenvalue weighted by Gasteiger charge is -2.28. The zero-order valence-corrected chi connectivity index (χ0v) is 23.0. The summed E-state index contributed by atoms with van der Waals surface area (Å²) in [5.74, 6) is 0.441. The fourth-order valence-corrected chi connectivity index (χ4v) is 5.46. The van der Waals surface area contributed by atoms with Crippen LogP contribution < -0.4 is 19.8 Å². The number of hydrogen-bond donors (Lipinski definition) is 1. The Bertz CT molecular complexity index is 1630. The molecule has 0 unspecified atom stereocenters. The average Bonchev–Trinajstić information content (AvgIpc) is 3.36. The third-order valence-electron chi connectivity index (χ3n) is 6.31. The summed E-state index contributed by atoms with van der Waals surface area (Å²) in [5.41, 5.74) is 5.04. The zero-order chi connectivity index (χ0) is 26.8. The maximum atomic E-state index is 11.9. The number of ether oxygens (including phenoxy) is 2. The summed E-state index contributed by atoms with van der Waals surface area (Å²) < 4.78 is 12.8. The van der Waals surface area contributed by atoms with E-state index in [1.807, 2.05) is 35.7 Å². The Labute approximate surface area is 238 Å². The highest BCUT2D eigenvalue weighted by atomic mass is 35.5. The van der Waals surface area contributed by atoms with Crippen LogP contribution in [0.2, 0.25) is 10.0 Å². The number of halogens is 2. The Balaban J connectivity index is 1.38. The normalized spacial score (nSPS) is 15.8. The van der Waals surface area contributed by atoms with Crippen molar-refractivity contribution < 1.29 is 14.3 Å². The molecule has 0 spiro atoms. The van der Waals surface area contributed by atoms with Gasteiger partial charge in [0.1, 0.15) is 5.75 Å². The van der Waals surface area contributed by atoms with E-state index in [0.29, 0.717) is 32.0 Å². The molecule has 2 aliphatic rings. The first-order chi connectivity index (χ1) is 19.0. The van der Waals surface area contributed by atoms with Crippen molar-refractivity contribution in [1.29, 1.82) is 0 Å². The number of nitrogens with zero attached hydrogens (tertiary/aromatic N) is 4. The molecular formula is C28H23Cl2N5O3S. The smallest absolute Gasteiger partial charge is 0.262 e. The number of thiazole rings is 1. The summed E-state index contributed by atoms with van der Waals surface area (Å²) in [4.78, 5) is 19.6. The van der Waals surface area contributed by atoms with Crippen molar-refractivity contribution in [2.75, 3.05) is 43.1 Å². The second-order valence-corrected chi connectivity index (χ2v) is 10.6. The molecule has 6 rings (SSSR count). The maximum absolute atomic E-state index is 11.9. The molecule has 0 aliphatic carbocycles. The van der Waals surface area contributed by atoms with Gasteiger partial charge in [-0.1, -0.05) is 35.3 Å². The van der Waals surface area contributed by atoms with Crippen molar-refractivity contribution in [2.24, 2.45) is 10.1 Å². The number of carbonyl (C=O) groups is 1. The molecule has 1 saturated heterocycles. The minimum atomic E-state index is -0.188. The van der Waals surface area contributed by atoms with E-state index in [-0.39, 0.29) is 12.5 Å². The Morgan fingerprint density at radius 1 is 0.974 bits per heavy atom. The lowest BCUT2D eigenvalue weighted by atomic mass is 10.1. The molecule has 1 N–H and O–H groups in total. The molecule has 0 saturated carbocycles. The van der Waals surface area contributed by atoms with Gasteiger partial charge >= 0.3 is 0 Å². The highest BCUT2D eigenvalue weighted by molar-refractivity contribution is 7.07. The SMILES string of the molecule is O=C1COc2ccc(-c3csc(=Nc4ccc(Cl)c(Cl)c4)n3N=Cc3ccc(N4CCOCC4)cc3)cc2N1. The molecular weight excluding hydrogens is 557 g/mol. The van der Waals surface area contributed by atoms with Crippen LogP contribution in [0.25, 0.3) is 11.3 Å². The molecule has 2 aliphatic heterocycles.